The van der Waals surface area contributed by atoms with Crippen molar-refractivity contribution in [3.8, 4) is 45.4 Å². The number of hydrogen-bond acceptors (Lipinski definition) is 5. The third-order valence-corrected chi connectivity index (χ3v) is 7.26. The van der Waals surface area contributed by atoms with Gasteiger partial charge in [-0.15, -0.1) is 0 Å². The number of hydrogen-bond donors (Lipinski definition) is 0. The zero-order valence-electron chi connectivity index (χ0n) is 22.9. The summed E-state index contributed by atoms with van der Waals surface area (Å²) in [5, 5.41) is 0. The van der Waals surface area contributed by atoms with Crippen LogP contribution in [-0.4, -0.2) is 23.6 Å². The molecule has 6 rings (SSSR count). The highest BCUT2D eigenvalue weighted by Gasteiger charge is 2.22. The quantitative estimate of drug-likeness (QED) is 0.212. The predicted octanol–water partition coefficient (Wildman–Crippen LogP) is 8.96. The van der Waals surface area contributed by atoms with Crippen LogP contribution in [0, 0.1) is 0 Å². The van der Waals surface area contributed by atoms with E-state index in [0.717, 1.165) is 57.7 Å². The van der Waals surface area contributed by atoms with Crippen LogP contribution in [0.1, 0.15) is 13.8 Å². The average molecular weight is 526 g/mol. The smallest absolute Gasteiger partial charge is 0.129 e. The van der Waals surface area contributed by atoms with Crippen LogP contribution in [0.2, 0.25) is 0 Å². The van der Waals surface area contributed by atoms with E-state index in [9.17, 15) is 0 Å². The van der Waals surface area contributed by atoms with Gasteiger partial charge in [-0.1, -0.05) is 48.5 Å². The van der Waals surface area contributed by atoms with E-state index in [1.165, 1.54) is 11.4 Å². The minimum Gasteiger partial charge on any atom is -0.457 e. The van der Waals surface area contributed by atoms with Gasteiger partial charge in [0, 0.05) is 42.0 Å². The van der Waals surface area contributed by atoms with Crippen molar-refractivity contribution in [2.75, 3.05) is 18.6 Å². The lowest BCUT2D eigenvalue weighted by Gasteiger charge is -2.21. The number of para-hydroxylation sites is 1. The highest BCUT2D eigenvalue weighted by Crippen LogP contribution is 2.34. The van der Waals surface area contributed by atoms with Crippen molar-refractivity contribution >= 4 is 5.69 Å². The second-order valence-electron chi connectivity index (χ2n) is 9.94. The number of nitrogens with zero attached hydrogens (tertiary/aromatic N) is 3. The van der Waals surface area contributed by atoms with Gasteiger partial charge in [0.05, 0.1) is 12.4 Å². The molecular formula is C35H31N3O2. The molecule has 2 heterocycles. The van der Waals surface area contributed by atoms with Crippen LogP contribution in [0.25, 0.3) is 22.4 Å². The molecule has 0 saturated heterocycles. The monoisotopic (exact) mass is 525 g/mol. The second kappa shape index (κ2) is 11.0. The van der Waals surface area contributed by atoms with Gasteiger partial charge in [0.25, 0.3) is 0 Å². The number of ether oxygens (including phenoxy) is 2. The molecule has 0 radical (unpaired) electrons. The third kappa shape index (κ3) is 5.40. The van der Waals surface area contributed by atoms with Crippen LogP contribution in [0.4, 0.5) is 5.69 Å². The van der Waals surface area contributed by atoms with Crippen LogP contribution in [-0.2, 0) is 0 Å². The minimum absolute atomic E-state index is 0.766. The first-order valence-electron chi connectivity index (χ1n) is 13.4. The number of benzene rings is 4. The molecule has 0 N–H and O–H groups in total. The zero-order valence-corrected chi connectivity index (χ0v) is 22.9. The van der Waals surface area contributed by atoms with Crippen molar-refractivity contribution in [3.63, 3.8) is 0 Å². The summed E-state index contributed by atoms with van der Waals surface area (Å²) < 4.78 is 12.4. The summed E-state index contributed by atoms with van der Waals surface area (Å²) in [5.41, 5.74) is 7.65. The lowest BCUT2D eigenvalue weighted by Crippen LogP contribution is -2.24. The fraction of sp³-hybridized carbons (Fsp3) is 0.114. The number of pyridine rings is 1. The predicted molar refractivity (Wildman–Crippen MR) is 162 cm³/mol. The molecule has 0 fully saturated rings. The van der Waals surface area contributed by atoms with Crippen LogP contribution in [0.5, 0.6) is 23.0 Å². The Morgan fingerprint density at radius 2 is 1.18 bits per heavy atom. The van der Waals surface area contributed by atoms with Crippen molar-refractivity contribution in [2.24, 2.45) is 0 Å². The number of allylic oxidation sites excluding steroid dienone is 2. The summed E-state index contributed by atoms with van der Waals surface area (Å²) in [7, 11) is 2.11. The zero-order chi connectivity index (χ0) is 27.5. The highest BCUT2D eigenvalue weighted by atomic mass is 16.5. The molecule has 0 amide bonds. The van der Waals surface area contributed by atoms with Gasteiger partial charge >= 0.3 is 0 Å². The van der Waals surface area contributed by atoms with Crippen molar-refractivity contribution in [1.82, 2.24) is 9.88 Å². The lowest BCUT2D eigenvalue weighted by molar-refractivity contribution is 0.459. The molecule has 5 nitrogen and oxygen atoms in total. The van der Waals surface area contributed by atoms with Gasteiger partial charge < -0.3 is 19.3 Å². The summed E-state index contributed by atoms with van der Waals surface area (Å²) in [6.07, 6.45) is 1.84. The van der Waals surface area contributed by atoms with Crippen molar-refractivity contribution in [1.29, 1.82) is 0 Å². The van der Waals surface area contributed by atoms with Crippen molar-refractivity contribution in [2.45, 2.75) is 13.8 Å². The van der Waals surface area contributed by atoms with Gasteiger partial charge in [0.15, 0.2) is 0 Å². The van der Waals surface area contributed by atoms with E-state index in [2.05, 4.69) is 72.1 Å². The van der Waals surface area contributed by atoms with E-state index >= 15 is 0 Å². The first kappa shape index (κ1) is 25.3. The van der Waals surface area contributed by atoms with Gasteiger partial charge in [-0.25, -0.2) is 0 Å². The molecule has 40 heavy (non-hydrogen) atoms. The molecular weight excluding hydrogens is 494 g/mol. The Hall–Kier alpha value is -5.03. The van der Waals surface area contributed by atoms with Gasteiger partial charge in [0.2, 0.25) is 0 Å². The molecule has 198 valence electrons. The fourth-order valence-electron chi connectivity index (χ4n) is 4.87. The summed E-state index contributed by atoms with van der Waals surface area (Å²) in [4.78, 5) is 9.21. The maximum atomic E-state index is 6.32. The van der Waals surface area contributed by atoms with E-state index < -0.39 is 0 Å². The summed E-state index contributed by atoms with van der Waals surface area (Å²) in [6, 6.07) is 38.3. The molecule has 1 aliphatic rings. The first-order valence-corrected chi connectivity index (χ1v) is 13.4. The minimum atomic E-state index is 0.766. The molecule has 5 aromatic rings. The number of rotatable bonds is 7. The molecule has 0 atom stereocenters. The molecule has 0 aliphatic carbocycles. The van der Waals surface area contributed by atoms with Crippen LogP contribution in [0.3, 0.4) is 0 Å². The van der Waals surface area contributed by atoms with Crippen LogP contribution in [0.15, 0.2) is 133 Å². The Morgan fingerprint density at radius 3 is 1.90 bits per heavy atom. The average Bonchev–Trinajstić information content (AvgIpc) is 3.25. The molecule has 0 unspecified atom stereocenters. The van der Waals surface area contributed by atoms with Crippen LogP contribution >= 0.6 is 0 Å². The fourth-order valence-corrected chi connectivity index (χ4v) is 4.87. The number of aromatic nitrogens is 1. The first-order chi connectivity index (χ1) is 19.5. The SMILES string of the molecule is CC1=C(C)N(c2cccc(Oc3cccc(-c4cc(-c5cccc(Oc6ccccc6)c5)ccn4)c3)c2)CN1C. The van der Waals surface area contributed by atoms with E-state index in [1.807, 2.05) is 85.1 Å². The topological polar surface area (TPSA) is 37.8 Å². The normalized spacial score (nSPS) is 13.1. The molecule has 1 aromatic heterocycles. The van der Waals surface area contributed by atoms with E-state index in [4.69, 9.17) is 9.47 Å². The molecule has 0 spiro atoms. The van der Waals surface area contributed by atoms with Gasteiger partial charge in [-0.3, -0.25) is 4.98 Å². The van der Waals surface area contributed by atoms with Gasteiger partial charge in [0.1, 0.15) is 23.0 Å². The molecule has 1 aliphatic heterocycles. The third-order valence-electron chi connectivity index (χ3n) is 7.26. The van der Waals surface area contributed by atoms with Crippen LogP contribution < -0.4 is 14.4 Å². The van der Waals surface area contributed by atoms with E-state index in [0.29, 0.717) is 0 Å². The Balaban J connectivity index is 1.22. The largest absolute Gasteiger partial charge is 0.457 e. The Kier molecular flexibility index (Phi) is 6.94. The molecule has 0 saturated carbocycles. The maximum absolute atomic E-state index is 6.32. The molecule has 4 aromatic carbocycles. The molecule has 5 heteroatoms. The van der Waals surface area contributed by atoms with Gasteiger partial charge in [-0.2, -0.15) is 0 Å². The highest BCUT2D eigenvalue weighted by molar-refractivity contribution is 5.72. The summed E-state index contributed by atoms with van der Waals surface area (Å²) in [6.45, 7) is 5.14. The van der Waals surface area contributed by atoms with E-state index in [1.54, 1.807) is 0 Å². The summed E-state index contributed by atoms with van der Waals surface area (Å²) in [5.74, 6) is 3.17. The Morgan fingerprint density at radius 1 is 0.575 bits per heavy atom. The van der Waals surface area contributed by atoms with E-state index in [-0.39, 0.29) is 0 Å². The number of anilines is 1. The molecule has 0 bridgehead atoms. The summed E-state index contributed by atoms with van der Waals surface area (Å²) >= 11 is 0. The Bertz CT molecular complexity index is 1680. The Labute approximate surface area is 235 Å². The van der Waals surface area contributed by atoms with Crippen molar-refractivity contribution in [3.05, 3.63) is 133 Å². The standard InChI is InChI=1S/C35H31N3O2/c1-25-26(2)38(24-37(25)3)30-12-9-17-34(23-30)40-33-16-8-11-29(21-33)35-22-28(18-19-36-35)27-10-7-15-32(20-27)39-31-13-5-4-6-14-31/h4-23H,24H2,1-3H3. The van der Waals surface area contributed by atoms with Crippen molar-refractivity contribution < 1.29 is 9.47 Å². The van der Waals surface area contributed by atoms with Gasteiger partial charge in [-0.05, 0) is 85.6 Å². The maximum Gasteiger partial charge on any atom is 0.129 e. The lowest BCUT2D eigenvalue weighted by atomic mass is 10.0. The second-order valence-corrected chi connectivity index (χ2v) is 9.94.